The zero-order chi connectivity index (χ0) is 27.2. The number of hydrogen-bond acceptors (Lipinski definition) is 4. The lowest BCUT2D eigenvalue weighted by molar-refractivity contribution is -0.140. The Morgan fingerprint density at radius 3 is 2.34 bits per heavy atom. The molecule has 0 fully saturated rings. The minimum Gasteiger partial charge on any atom is -0.380 e. The number of halogens is 3. The molecule has 0 aliphatic heterocycles. The Labute approximate surface area is 217 Å². The van der Waals surface area contributed by atoms with Gasteiger partial charge < -0.3 is 11.1 Å². The summed E-state index contributed by atoms with van der Waals surface area (Å²) in [4.78, 5) is 20.6. The van der Waals surface area contributed by atoms with Crippen molar-refractivity contribution in [3.63, 3.8) is 0 Å². The van der Waals surface area contributed by atoms with Crippen molar-refractivity contribution < 1.29 is 18.0 Å². The number of nitrogens with two attached hydrogens (primary N) is 1. The second-order valence-corrected chi connectivity index (χ2v) is 10.2. The van der Waals surface area contributed by atoms with E-state index in [4.69, 9.17) is 5.73 Å². The van der Waals surface area contributed by atoms with Crippen molar-refractivity contribution in [2.24, 2.45) is 5.73 Å². The largest absolute Gasteiger partial charge is 0.433 e. The molecule has 0 radical (unpaired) electrons. The number of alkyl halides is 3. The maximum Gasteiger partial charge on any atom is 0.433 e. The molecule has 0 aliphatic carbocycles. The summed E-state index contributed by atoms with van der Waals surface area (Å²) in [5, 5.41) is 4.65. The first-order valence-corrected chi connectivity index (χ1v) is 12.0. The molecular weight excluding hydrogens is 489 g/mol. The van der Waals surface area contributed by atoms with Gasteiger partial charge in [-0.3, -0.25) is 9.78 Å². The second-order valence-electron chi connectivity index (χ2n) is 10.2. The average molecular weight is 515 g/mol. The van der Waals surface area contributed by atoms with Crippen LogP contribution in [0, 0.1) is 0 Å². The van der Waals surface area contributed by atoms with Crippen LogP contribution in [0.25, 0.3) is 44.1 Å². The highest BCUT2D eigenvalue weighted by Gasteiger charge is 2.34. The fraction of sp³-hybridized carbons (Fsp3) is 0.167. The number of anilines is 1. The normalized spacial score (nSPS) is 12.2. The first-order valence-electron chi connectivity index (χ1n) is 12.0. The molecule has 1 amide bonds. The molecule has 5 nitrogen and oxygen atoms in total. The number of para-hydroxylation sites is 2. The third kappa shape index (κ3) is 4.89. The standard InChI is InChI=1S/C30H25F3N4O/c1-29(2,3)37-25-14-17(11-12-22(25)28(34)38)23-15-26(30(31,32)33)36-27-20(8-6-9-21(23)27)19-13-18-7-4-5-10-24(18)35-16-19/h4-16,37H,1-3H3,(H2,34,38). The van der Waals surface area contributed by atoms with Gasteiger partial charge >= 0.3 is 6.18 Å². The van der Waals surface area contributed by atoms with Crippen molar-refractivity contribution >= 4 is 33.4 Å². The lowest BCUT2D eigenvalue weighted by Crippen LogP contribution is -2.28. The van der Waals surface area contributed by atoms with E-state index in [9.17, 15) is 18.0 Å². The molecule has 0 bridgehead atoms. The molecule has 0 aliphatic rings. The SMILES string of the molecule is CC(C)(C)Nc1cc(-c2cc(C(F)(F)F)nc3c(-c4cnc5ccccc5c4)cccc23)ccc1C(N)=O. The molecule has 3 N–H and O–H groups in total. The van der Waals surface area contributed by atoms with Gasteiger partial charge in [0.25, 0.3) is 5.91 Å². The van der Waals surface area contributed by atoms with Gasteiger partial charge in [0, 0.05) is 39.3 Å². The van der Waals surface area contributed by atoms with Crippen LogP contribution >= 0.6 is 0 Å². The van der Waals surface area contributed by atoms with Gasteiger partial charge in [0.2, 0.25) is 0 Å². The summed E-state index contributed by atoms with van der Waals surface area (Å²) in [6, 6.07) is 20.5. The lowest BCUT2D eigenvalue weighted by Gasteiger charge is -2.24. The van der Waals surface area contributed by atoms with Crippen molar-refractivity contribution in [1.82, 2.24) is 9.97 Å². The van der Waals surface area contributed by atoms with Gasteiger partial charge in [-0.05, 0) is 62.2 Å². The molecule has 38 heavy (non-hydrogen) atoms. The van der Waals surface area contributed by atoms with Gasteiger partial charge in [-0.15, -0.1) is 0 Å². The monoisotopic (exact) mass is 514 g/mol. The summed E-state index contributed by atoms with van der Waals surface area (Å²) in [6.45, 7) is 5.74. The molecule has 0 unspecified atom stereocenters. The quantitative estimate of drug-likeness (QED) is 0.261. The zero-order valence-corrected chi connectivity index (χ0v) is 21.0. The molecule has 0 spiro atoms. The summed E-state index contributed by atoms with van der Waals surface area (Å²) in [6.07, 6.45) is -3.02. The Morgan fingerprint density at radius 1 is 0.868 bits per heavy atom. The van der Waals surface area contributed by atoms with Gasteiger partial charge in [0.1, 0.15) is 5.69 Å². The summed E-state index contributed by atoms with van der Waals surface area (Å²) in [5.74, 6) is -0.634. The zero-order valence-electron chi connectivity index (χ0n) is 21.0. The minimum atomic E-state index is -4.67. The van der Waals surface area contributed by atoms with Crippen LogP contribution in [0.4, 0.5) is 18.9 Å². The van der Waals surface area contributed by atoms with E-state index >= 15 is 0 Å². The minimum absolute atomic E-state index is 0.207. The Balaban J connectivity index is 1.78. The van der Waals surface area contributed by atoms with E-state index in [1.54, 1.807) is 36.5 Å². The van der Waals surface area contributed by atoms with E-state index in [-0.39, 0.29) is 11.1 Å². The van der Waals surface area contributed by atoms with Gasteiger partial charge in [0.05, 0.1) is 16.6 Å². The van der Waals surface area contributed by atoms with Crippen molar-refractivity contribution in [3.8, 4) is 22.3 Å². The van der Waals surface area contributed by atoms with Crippen molar-refractivity contribution in [2.75, 3.05) is 5.32 Å². The Bertz CT molecular complexity index is 1700. The smallest absolute Gasteiger partial charge is 0.380 e. The molecule has 192 valence electrons. The maximum absolute atomic E-state index is 14.1. The van der Waals surface area contributed by atoms with E-state index < -0.39 is 23.3 Å². The molecule has 0 saturated carbocycles. The van der Waals surface area contributed by atoms with Crippen LogP contribution < -0.4 is 11.1 Å². The number of carbonyl (C=O) groups excluding carboxylic acids is 1. The first kappa shape index (κ1) is 25.2. The summed E-state index contributed by atoms with van der Waals surface area (Å²) >= 11 is 0. The predicted octanol–water partition coefficient (Wildman–Crippen LogP) is 7.45. The fourth-order valence-corrected chi connectivity index (χ4v) is 4.52. The summed E-state index contributed by atoms with van der Waals surface area (Å²) < 4.78 is 42.2. The number of benzene rings is 3. The van der Waals surface area contributed by atoms with Crippen LogP contribution in [0.1, 0.15) is 36.8 Å². The summed E-state index contributed by atoms with van der Waals surface area (Å²) in [5.41, 5.74) is 7.86. The highest BCUT2D eigenvalue weighted by molar-refractivity contribution is 6.05. The lowest BCUT2D eigenvalue weighted by atomic mass is 9.94. The number of fused-ring (bicyclic) bond motifs is 2. The number of nitrogens with zero attached hydrogens (tertiary/aromatic N) is 2. The Morgan fingerprint density at radius 2 is 1.63 bits per heavy atom. The van der Waals surface area contributed by atoms with Crippen molar-refractivity contribution in [2.45, 2.75) is 32.5 Å². The molecule has 3 aromatic carbocycles. The number of primary amides is 1. The van der Waals surface area contributed by atoms with E-state index in [2.05, 4.69) is 15.3 Å². The van der Waals surface area contributed by atoms with Crippen molar-refractivity contribution in [3.05, 3.63) is 90.3 Å². The number of aromatic nitrogens is 2. The Hall–Kier alpha value is -4.46. The molecule has 5 rings (SSSR count). The molecule has 2 heterocycles. The maximum atomic E-state index is 14.1. The summed E-state index contributed by atoms with van der Waals surface area (Å²) in [7, 11) is 0. The topological polar surface area (TPSA) is 80.9 Å². The van der Waals surface area contributed by atoms with Gasteiger partial charge in [-0.2, -0.15) is 13.2 Å². The number of hydrogen-bond donors (Lipinski definition) is 2. The fourth-order valence-electron chi connectivity index (χ4n) is 4.52. The van der Waals surface area contributed by atoms with Crippen LogP contribution in [0.15, 0.2) is 79.0 Å². The van der Waals surface area contributed by atoms with E-state index in [0.29, 0.717) is 33.3 Å². The van der Waals surface area contributed by atoms with Gasteiger partial charge in [-0.1, -0.05) is 42.5 Å². The highest BCUT2D eigenvalue weighted by atomic mass is 19.4. The third-order valence-corrected chi connectivity index (χ3v) is 6.14. The van der Waals surface area contributed by atoms with Crippen LogP contribution in [0.3, 0.4) is 0 Å². The molecular formula is C30H25F3N4O. The van der Waals surface area contributed by atoms with Crippen LogP contribution in [-0.4, -0.2) is 21.4 Å². The second kappa shape index (κ2) is 9.13. The van der Waals surface area contributed by atoms with E-state index in [1.807, 2.05) is 51.1 Å². The highest BCUT2D eigenvalue weighted by Crippen LogP contribution is 2.40. The number of rotatable bonds is 4. The number of amides is 1. The third-order valence-electron chi connectivity index (χ3n) is 6.14. The van der Waals surface area contributed by atoms with E-state index in [0.717, 1.165) is 17.0 Å². The van der Waals surface area contributed by atoms with Gasteiger partial charge in [0.15, 0.2) is 0 Å². The Kier molecular flexibility index (Phi) is 6.06. The molecule has 0 atom stereocenters. The van der Waals surface area contributed by atoms with Crippen molar-refractivity contribution in [1.29, 1.82) is 0 Å². The first-order chi connectivity index (χ1) is 17.9. The van der Waals surface area contributed by atoms with Crippen LogP contribution in [0.5, 0.6) is 0 Å². The molecule has 0 saturated heterocycles. The van der Waals surface area contributed by atoms with E-state index in [1.165, 1.54) is 6.07 Å². The number of carbonyl (C=O) groups is 1. The number of pyridine rings is 2. The van der Waals surface area contributed by atoms with Gasteiger partial charge in [-0.25, -0.2) is 4.98 Å². The molecule has 5 aromatic rings. The average Bonchev–Trinajstić information content (AvgIpc) is 2.85. The molecule has 8 heteroatoms. The van der Waals surface area contributed by atoms with Crippen LogP contribution in [0.2, 0.25) is 0 Å². The predicted molar refractivity (Wildman–Crippen MR) is 145 cm³/mol. The number of nitrogens with one attached hydrogen (secondary N) is 1. The molecule has 2 aromatic heterocycles. The van der Waals surface area contributed by atoms with Crippen LogP contribution in [-0.2, 0) is 6.18 Å².